The van der Waals surface area contributed by atoms with Gasteiger partial charge >= 0.3 is 0 Å². The number of anilines is 1. The number of nitrogen functional groups attached to an aromatic ring is 1. The van der Waals surface area contributed by atoms with Gasteiger partial charge in [-0.2, -0.15) is 10.2 Å². The molecule has 0 radical (unpaired) electrons. The molecule has 2 aliphatic rings. The Hall–Kier alpha value is -3.85. The molecule has 0 spiro atoms. The maximum atomic E-state index is 6.18. The second-order valence-electron chi connectivity index (χ2n) is 8.12. The van der Waals surface area contributed by atoms with Crippen LogP contribution in [0.3, 0.4) is 0 Å². The number of fused-ring (bicyclic) bond motifs is 1. The van der Waals surface area contributed by atoms with E-state index in [1.54, 1.807) is 6.20 Å². The molecule has 1 aromatic carbocycles. The average molecular weight is 426 g/mol. The molecule has 1 saturated heterocycles. The quantitative estimate of drug-likeness (QED) is 0.510. The second kappa shape index (κ2) is 7.69. The first-order valence-electron chi connectivity index (χ1n) is 10.7. The summed E-state index contributed by atoms with van der Waals surface area (Å²) in [5.74, 6) is 1.09. The average Bonchev–Trinajstić information content (AvgIpc) is 3.61. The number of nitrogens with one attached hydrogen (secondary N) is 1. The van der Waals surface area contributed by atoms with E-state index >= 15 is 0 Å². The molecule has 0 bridgehead atoms. The van der Waals surface area contributed by atoms with Gasteiger partial charge in [0.1, 0.15) is 12.3 Å². The Labute approximate surface area is 184 Å². The third kappa shape index (κ3) is 3.27. The number of nitrogens with two attached hydrogens (primary N) is 1. The van der Waals surface area contributed by atoms with E-state index in [1.165, 1.54) is 0 Å². The minimum Gasteiger partial charge on any atom is -0.452 e. The van der Waals surface area contributed by atoms with Crippen LogP contribution in [0.25, 0.3) is 33.4 Å². The number of hydrogen-bond acceptors (Lipinski definition) is 8. The molecule has 160 valence electrons. The first kappa shape index (κ1) is 18.9. The highest BCUT2D eigenvalue weighted by Crippen LogP contribution is 2.37. The van der Waals surface area contributed by atoms with Crippen molar-refractivity contribution in [1.29, 1.82) is 0 Å². The number of aromatic nitrogens is 3. The molecule has 3 N–H and O–H groups in total. The van der Waals surface area contributed by atoms with Crippen molar-refractivity contribution >= 4 is 22.5 Å². The van der Waals surface area contributed by atoms with Crippen LogP contribution in [-0.4, -0.2) is 40.1 Å². The van der Waals surface area contributed by atoms with Gasteiger partial charge in [-0.05, 0) is 43.3 Å². The predicted octanol–water partition coefficient (Wildman–Crippen LogP) is 4.03. The molecule has 0 aliphatic carbocycles. The first-order valence-corrected chi connectivity index (χ1v) is 10.7. The van der Waals surface area contributed by atoms with Crippen molar-refractivity contribution in [3.63, 3.8) is 0 Å². The van der Waals surface area contributed by atoms with Gasteiger partial charge in [-0.25, -0.2) is 4.98 Å². The highest BCUT2D eigenvalue weighted by atomic mass is 16.3. The predicted molar refractivity (Wildman–Crippen MR) is 122 cm³/mol. The van der Waals surface area contributed by atoms with Crippen LogP contribution in [0.4, 0.5) is 5.82 Å². The summed E-state index contributed by atoms with van der Waals surface area (Å²) >= 11 is 0. The van der Waals surface area contributed by atoms with Gasteiger partial charge in [0.15, 0.2) is 11.4 Å². The highest BCUT2D eigenvalue weighted by Gasteiger charge is 2.19. The van der Waals surface area contributed by atoms with E-state index in [2.05, 4.69) is 41.7 Å². The lowest BCUT2D eigenvalue weighted by Gasteiger charge is -2.22. The Morgan fingerprint density at radius 1 is 1.06 bits per heavy atom. The van der Waals surface area contributed by atoms with E-state index in [9.17, 15) is 0 Å². The number of rotatable bonds is 4. The number of hydrogen-bond donors (Lipinski definition) is 2. The van der Waals surface area contributed by atoms with E-state index in [1.807, 2.05) is 36.5 Å². The molecule has 3 aromatic heterocycles. The van der Waals surface area contributed by atoms with Crippen molar-refractivity contribution in [2.45, 2.75) is 18.9 Å². The smallest absolute Gasteiger partial charge is 0.177 e. The number of piperidine rings is 1. The summed E-state index contributed by atoms with van der Waals surface area (Å²) in [5.41, 5.74) is 11.5. The SMILES string of the molecule is Nc1ncc(-c2cnn(C3CCNCC3)c2)c2cc(-c3cccc(C4=NN=NC4)c3)oc12. The molecule has 9 heteroatoms. The molecular weight excluding hydrogens is 404 g/mol. The molecule has 5 heterocycles. The summed E-state index contributed by atoms with van der Waals surface area (Å²) < 4.78 is 8.25. The molecule has 0 atom stereocenters. The summed E-state index contributed by atoms with van der Waals surface area (Å²) in [6, 6.07) is 10.5. The van der Waals surface area contributed by atoms with Crippen molar-refractivity contribution in [2.24, 2.45) is 15.4 Å². The van der Waals surface area contributed by atoms with Crippen molar-refractivity contribution < 1.29 is 4.42 Å². The Balaban J connectivity index is 1.40. The second-order valence-corrected chi connectivity index (χ2v) is 8.12. The fourth-order valence-corrected chi connectivity index (χ4v) is 4.38. The third-order valence-corrected chi connectivity index (χ3v) is 6.11. The fourth-order valence-electron chi connectivity index (χ4n) is 4.38. The van der Waals surface area contributed by atoms with Gasteiger partial charge in [0.25, 0.3) is 0 Å². The minimum atomic E-state index is 0.370. The van der Waals surface area contributed by atoms with Crippen molar-refractivity contribution in [2.75, 3.05) is 25.4 Å². The summed E-state index contributed by atoms with van der Waals surface area (Å²) in [4.78, 5) is 4.39. The van der Waals surface area contributed by atoms with Crippen LogP contribution in [0.15, 0.2) is 68.8 Å². The van der Waals surface area contributed by atoms with Gasteiger partial charge in [-0.1, -0.05) is 18.2 Å². The van der Waals surface area contributed by atoms with Crippen LogP contribution in [-0.2, 0) is 0 Å². The zero-order chi connectivity index (χ0) is 21.5. The topological polar surface area (TPSA) is 119 Å². The molecule has 0 saturated carbocycles. The van der Waals surface area contributed by atoms with Crippen molar-refractivity contribution in [1.82, 2.24) is 20.1 Å². The summed E-state index contributed by atoms with van der Waals surface area (Å²) in [7, 11) is 0. The largest absolute Gasteiger partial charge is 0.452 e. The molecule has 32 heavy (non-hydrogen) atoms. The van der Waals surface area contributed by atoms with Gasteiger partial charge in [-0.3, -0.25) is 4.68 Å². The maximum Gasteiger partial charge on any atom is 0.177 e. The lowest BCUT2D eigenvalue weighted by molar-refractivity contribution is 0.343. The molecule has 6 rings (SSSR count). The van der Waals surface area contributed by atoms with Crippen LogP contribution in [0.1, 0.15) is 24.4 Å². The van der Waals surface area contributed by atoms with E-state index < -0.39 is 0 Å². The van der Waals surface area contributed by atoms with Gasteiger partial charge < -0.3 is 15.5 Å². The standard InChI is InChI=1S/C23H22N8O/c24-23-22-18(9-21(32-22)15-3-1-2-14(8-15)20-12-27-30-29-20)19(11-26-23)16-10-28-31(13-16)17-4-6-25-7-5-17/h1-3,8-11,13,17,25H,4-7,12H2,(H2,24,26). The Morgan fingerprint density at radius 3 is 2.78 bits per heavy atom. The van der Waals surface area contributed by atoms with E-state index in [-0.39, 0.29) is 0 Å². The molecule has 0 amide bonds. The zero-order valence-corrected chi connectivity index (χ0v) is 17.4. The van der Waals surface area contributed by atoms with Crippen LogP contribution in [0, 0.1) is 0 Å². The molecule has 4 aromatic rings. The number of benzene rings is 1. The normalized spacial score (nSPS) is 16.7. The van der Waals surface area contributed by atoms with Crippen molar-refractivity contribution in [3.05, 3.63) is 54.5 Å². The molecule has 1 fully saturated rings. The number of furan rings is 1. The van der Waals surface area contributed by atoms with Gasteiger partial charge in [0, 0.05) is 40.0 Å². The monoisotopic (exact) mass is 426 g/mol. The maximum absolute atomic E-state index is 6.18. The van der Waals surface area contributed by atoms with E-state index in [0.29, 0.717) is 24.0 Å². The van der Waals surface area contributed by atoms with Crippen molar-refractivity contribution in [3.8, 4) is 22.5 Å². The summed E-state index contributed by atoms with van der Waals surface area (Å²) in [6.45, 7) is 2.53. The summed E-state index contributed by atoms with van der Waals surface area (Å²) in [6.07, 6.45) is 7.95. The lowest BCUT2D eigenvalue weighted by atomic mass is 10.0. The highest BCUT2D eigenvalue weighted by molar-refractivity contribution is 6.04. The minimum absolute atomic E-state index is 0.370. The van der Waals surface area contributed by atoms with Gasteiger partial charge in [-0.15, -0.1) is 5.10 Å². The van der Waals surface area contributed by atoms with Crippen LogP contribution in [0.5, 0.6) is 0 Å². The Morgan fingerprint density at radius 2 is 1.94 bits per heavy atom. The zero-order valence-electron chi connectivity index (χ0n) is 17.4. The van der Waals surface area contributed by atoms with Crippen LogP contribution < -0.4 is 11.1 Å². The third-order valence-electron chi connectivity index (χ3n) is 6.11. The number of pyridine rings is 1. The summed E-state index contributed by atoms with van der Waals surface area (Å²) in [5, 5.41) is 20.7. The fraction of sp³-hybridized carbons (Fsp3) is 0.261. The first-order chi connectivity index (χ1) is 15.8. The molecule has 2 aliphatic heterocycles. The van der Waals surface area contributed by atoms with E-state index in [4.69, 9.17) is 10.2 Å². The van der Waals surface area contributed by atoms with Crippen LogP contribution in [0.2, 0.25) is 0 Å². The Kier molecular flexibility index (Phi) is 4.53. The molecule has 0 unspecified atom stereocenters. The Bertz CT molecular complexity index is 1360. The van der Waals surface area contributed by atoms with Gasteiger partial charge in [0.05, 0.1) is 18.0 Å². The lowest BCUT2D eigenvalue weighted by Crippen LogP contribution is -2.29. The van der Waals surface area contributed by atoms with Crippen LogP contribution >= 0.6 is 0 Å². The molecule has 9 nitrogen and oxygen atoms in total. The van der Waals surface area contributed by atoms with E-state index in [0.717, 1.165) is 65.0 Å². The van der Waals surface area contributed by atoms with Gasteiger partial charge in [0.2, 0.25) is 0 Å². The molecular formula is C23H22N8O. The number of nitrogens with zero attached hydrogens (tertiary/aromatic N) is 6.